The van der Waals surface area contributed by atoms with Crippen molar-refractivity contribution in [2.45, 2.75) is 19.4 Å². The van der Waals surface area contributed by atoms with Crippen molar-refractivity contribution in [3.63, 3.8) is 0 Å². The van der Waals surface area contributed by atoms with E-state index in [1.807, 2.05) is 11.0 Å². The predicted molar refractivity (Wildman–Crippen MR) is 91.6 cm³/mol. The molecule has 0 saturated heterocycles. The number of carbonyl (C=O) groups is 1. The number of hydrogen-bond acceptors (Lipinski definition) is 2. The summed E-state index contributed by atoms with van der Waals surface area (Å²) in [6, 6.07) is 10.4. The third-order valence-corrected chi connectivity index (χ3v) is 5.70. The fraction of sp³-hybridized carbons (Fsp3) is 0.312. The van der Waals surface area contributed by atoms with E-state index >= 15 is 0 Å². The number of benzene rings is 1. The van der Waals surface area contributed by atoms with Gasteiger partial charge in [0.25, 0.3) is 0 Å². The molecule has 1 aliphatic heterocycles. The van der Waals surface area contributed by atoms with Crippen LogP contribution in [0.15, 0.2) is 30.3 Å². The van der Waals surface area contributed by atoms with Crippen molar-refractivity contribution in [1.82, 2.24) is 4.90 Å². The molecular weight excluding hydrogens is 370 g/mol. The van der Waals surface area contributed by atoms with Crippen molar-refractivity contribution in [3.8, 4) is 0 Å². The molecule has 1 aromatic heterocycles. The lowest BCUT2D eigenvalue weighted by molar-refractivity contribution is -0.129. The fourth-order valence-corrected chi connectivity index (χ4v) is 4.61. The first-order valence-electron chi connectivity index (χ1n) is 6.77. The first-order chi connectivity index (χ1) is 10.1. The van der Waals surface area contributed by atoms with E-state index in [-0.39, 0.29) is 11.8 Å². The maximum atomic E-state index is 12.1. The van der Waals surface area contributed by atoms with Gasteiger partial charge in [-0.3, -0.25) is 4.79 Å². The van der Waals surface area contributed by atoms with Crippen molar-refractivity contribution in [2.75, 3.05) is 11.9 Å². The first-order valence-corrected chi connectivity index (χ1v) is 9.09. The summed E-state index contributed by atoms with van der Waals surface area (Å²) >= 11 is 11.1. The molecule has 0 radical (unpaired) electrons. The van der Waals surface area contributed by atoms with Crippen LogP contribution >= 0.6 is 38.9 Å². The normalized spacial score (nSPS) is 17.7. The highest BCUT2D eigenvalue weighted by Crippen LogP contribution is 2.40. The van der Waals surface area contributed by atoms with Crippen LogP contribution in [0.4, 0.5) is 0 Å². The van der Waals surface area contributed by atoms with Crippen LogP contribution in [0.3, 0.4) is 0 Å². The molecular formula is C16H15BrClNOS. The van der Waals surface area contributed by atoms with Crippen LogP contribution in [0.2, 0.25) is 4.34 Å². The lowest BCUT2D eigenvalue weighted by atomic mass is 9.86. The molecule has 0 aliphatic carbocycles. The van der Waals surface area contributed by atoms with E-state index in [1.54, 1.807) is 11.3 Å². The molecule has 0 saturated carbocycles. The van der Waals surface area contributed by atoms with E-state index in [0.29, 0.717) is 11.9 Å². The third-order valence-electron chi connectivity index (χ3n) is 3.96. The number of halogens is 2. The zero-order valence-corrected chi connectivity index (χ0v) is 14.8. The van der Waals surface area contributed by atoms with Gasteiger partial charge in [-0.25, -0.2) is 0 Å². The van der Waals surface area contributed by atoms with Crippen LogP contribution in [-0.4, -0.2) is 22.7 Å². The van der Waals surface area contributed by atoms with Crippen molar-refractivity contribution in [2.24, 2.45) is 0 Å². The minimum atomic E-state index is 0.128. The lowest BCUT2D eigenvalue weighted by Crippen LogP contribution is -2.38. The van der Waals surface area contributed by atoms with Crippen LogP contribution in [0.25, 0.3) is 0 Å². The van der Waals surface area contributed by atoms with Gasteiger partial charge in [0.05, 0.1) is 16.2 Å². The largest absolute Gasteiger partial charge is 0.336 e. The molecule has 1 amide bonds. The molecule has 2 nitrogen and oxygen atoms in total. The van der Waals surface area contributed by atoms with Gasteiger partial charge in [-0.05, 0) is 29.7 Å². The smallest absolute Gasteiger partial charge is 0.233 e. The predicted octanol–water partition coefficient (Wildman–Crippen LogP) is 4.58. The number of aryl methyl sites for hydroxylation is 1. The van der Waals surface area contributed by atoms with E-state index in [9.17, 15) is 4.79 Å². The van der Waals surface area contributed by atoms with Crippen LogP contribution < -0.4 is 0 Å². The number of fused-ring (bicyclic) bond motifs is 1. The standard InChI is InChI=1S/C16H15BrClNOS/c1-10-4-2-3-5-11(10)13-8-19(16(20)7-17)9-14-12(13)6-15(18)21-14/h2-6,13H,7-9H2,1H3/t13-/m1/s1. The molecule has 5 heteroatoms. The highest BCUT2D eigenvalue weighted by atomic mass is 79.9. The number of alkyl halides is 1. The topological polar surface area (TPSA) is 20.3 Å². The van der Waals surface area contributed by atoms with Gasteiger partial charge in [0.1, 0.15) is 0 Å². The molecule has 110 valence electrons. The molecule has 0 unspecified atom stereocenters. The van der Waals surface area contributed by atoms with Crippen LogP contribution in [0, 0.1) is 6.92 Å². The second kappa shape index (κ2) is 6.11. The maximum Gasteiger partial charge on any atom is 0.233 e. The van der Waals surface area contributed by atoms with Crippen LogP contribution in [0.5, 0.6) is 0 Å². The molecule has 2 heterocycles. The van der Waals surface area contributed by atoms with Gasteiger partial charge in [0.15, 0.2) is 0 Å². The summed E-state index contributed by atoms with van der Waals surface area (Å²) in [6.07, 6.45) is 0. The molecule has 0 spiro atoms. The quantitative estimate of drug-likeness (QED) is 0.694. The SMILES string of the molecule is Cc1ccccc1[C@H]1CN(C(=O)CBr)Cc2sc(Cl)cc21. The van der Waals surface area contributed by atoms with Crippen LogP contribution in [0.1, 0.15) is 27.5 Å². The maximum absolute atomic E-state index is 12.1. The first kappa shape index (κ1) is 15.1. The number of amides is 1. The van der Waals surface area contributed by atoms with E-state index in [1.165, 1.54) is 21.6 Å². The minimum absolute atomic E-state index is 0.128. The Bertz CT molecular complexity index is 685. The Kier molecular flexibility index (Phi) is 4.38. The molecule has 2 aromatic rings. The number of carbonyl (C=O) groups excluding carboxylic acids is 1. The Balaban J connectivity index is 2.06. The van der Waals surface area contributed by atoms with Crippen molar-refractivity contribution < 1.29 is 4.79 Å². The lowest BCUT2D eigenvalue weighted by Gasteiger charge is -2.33. The molecule has 0 bridgehead atoms. The summed E-state index contributed by atoms with van der Waals surface area (Å²) < 4.78 is 0.798. The Morgan fingerprint density at radius 1 is 1.43 bits per heavy atom. The van der Waals surface area contributed by atoms with Crippen LogP contribution in [-0.2, 0) is 11.3 Å². The summed E-state index contributed by atoms with van der Waals surface area (Å²) in [7, 11) is 0. The summed E-state index contributed by atoms with van der Waals surface area (Å²) in [6.45, 7) is 3.50. The third kappa shape index (κ3) is 2.89. The van der Waals surface area contributed by atoms with E-state index in [2.05, 4.69) is 47.1 Å². The van der Waals surface area contributed by atoms with E-state index in [4.69, 9.17) is 11.6 Å². The number of thiophene rings is 1. The Labute approximate surface area is 141 Å². The molecule has 0 fully saturated rings. The Morgan fingerprint density at radius 2 is 2.19 bits per heavy atom. The van der Waals surface area contributed by atoms with Gasteiger partial charge in [0.2, 0.25) is 5.91 Å². The highest BCUT2D eigenvalue weighted by Gasteiger charge is 2.31. The summed E-state index contributed by atoms with van der Waals surface area (Å²) in [5.74, 6) is 0.338. The van der Waals surface area contributed by atoms with Crippen molar-refractivity contribution in [1.29, 1.82) is 0 Å². The van der Waals surface area contributed by atoms with Gasteiger partial charge in [-0.15, -0.1) is 11.3 Å². The van der Waals surface area contributed by atoms with Crippen molar-refractivity contribution >= 4 is 44.8 Å². The zero-order valence-electron chi connectivity index (χ0n) is 11.6. The molecule has 1 aromatic carbocycles. The highest BCUT2D eigenvalue weighted by molar-refractivity contribution is 9.09. The Morgan fingerprint density at radius 3 is 2.90 bits per heavy atom. The zero-order chi connectivity index (χ0) is 15.0. The summed E-state index contributed by atoms with van der Waals surface area (Å²) in [4.78, 5) is 15.2. The van der Waals surface area contributed by atoms with Gasteiger partial charge in [0, 0.05) is 17.3 Å². The monoisotopic (exact) mass is 383 g/mol. The number of hydrogen-bond donors (Lipinski definition) is 0. The van der Waals surface area contributed by atoms with Gasteiger partial charge >= 0.3 is 0 Å². The van der Waals surface area contributed by atoms with Gasteiger partial charge in [-0.2, -0.15) is 0 Å². The molecule has 1 aliphatic rings. The average Bonchev–Trinajstić information content (AvgIpc) is 2.86. The number of rotatable bonds is 2. The van der Waals surface area contributed by atoms with Gasteiger partial charge in [-0.1, -0.05) is 51.8 Å². The van der Waals surface area contributed by atoms with Gasteiger partial charge < -0.3 is 4.90 Å². The van der Waals surface area contributed by atoms with E-state index in [0.717, 1.165) is 10.9 Å². The van der Waals surface area contributed by atoms with Crippen molar-refractivity contribution in [3.05, 3.63) is 56.2 Å². The molecule has 3 rings (SSSR count). The fourth-order valence-electron chi connectivity index (χ4n) is 2.90. The molecule has 0 N–H and O–H groups in total. The average molecular weight is 385 g/mol. The minimum Gasteiger partial charge on any atom is -0.336 e. The molecule has 1 atom stereocenters. The summed E-state index contributed by atoms with van der Waals surface area (Å²) in [5, 5.41) is 0.363. The van der Waals surface area contributed by atoms with E-state index < -0.39 is 0 Å². The number of nitrogens with zero attached hydrogens (tertiary/aromatic N) is 1. The Hall–Kier alpha value is -0.840. The summed E-state index contributed by atoms with van der Waals surface area (Å²) in [5.41, 5.74) is 3.81. The second-order valence-corrected chi connectivity index (χ2v) is 7.57. The second-order valence-electron chi connectivity index (χ2n) is 5.25. The molecule has 21 heavy (non-hydrogen) atoms.